The van der Waals surface area contributed by atoms with Crippen LogP contribution in [0.1, 0.15) is 11.9 Å². The van der Waals surface area contributed by atoms with Crippen molar-refractivity contribution in [1.82, 2.24) is 30.9 Å². The van der Waals surface area contributed by atoms with Crippen molar-refractivity contribution in [2.75, 3.05) is 18.1 Å². The molecule has 0 bridgehead atoms. The summed E-state index contributed by atoms with van der Waals surface area (Å²) in [5, 5.41) is 17.3. The maximum Gasteiger partial charge on any atom is 0.245 e. The van der Waals surface area contributed by atoms with E-state index in [0.29, 0.717) is 17.4 Å². The summed E-state index contributed by atoms with van der Waals surface area (Å²) in [4.78, 5) is 4.30. The summed E-state index contributed by atoms with van der Waals surface area (Å²) in [7, 11) is 0. The Labute approximate surface area is 95.4 Å². The third kappa shape index (κ3) is 1.81. The van der Waals surface area contributed by atoms with Gasteiger partial charge in [0.2, 0.25) is 11.7 Å². The van der Waals surface area contributed by atoms with Gasteiger partial charge in [-0.2, -0.15) is 32.2 Å². The van der Waals surface area contributed by atoms with E-state index in [4.69, 9.17) is 4.52 Å². The molecule has 2 N–H and O–H groups in total. The van der Waals surface area contributed by atoms with E-state index in [-0.39, 0.29) is 6.04 Å². The number of aromatic amines is 1. The maximum absolute atomic E-state index is 5.21. The first kappa shape index (κ1) is 9.79. The van der Waals surface area contributed by atoms with Gasteiger partial charge in [0.1, 0.15) is 0 Å². The fraction of sp³-hybridized carbons (Fsp3) is 0.500. The van der Waals surface area contributed by atoms with Crippen LogP contribution in [0.25, 0.3) is 11.5 Å². The Morgan fingerprint density at radius 3 is 3.25 bits per heavy atom. The Balaban J connectivity index is 1.82. The van der Waals surface area contributed by atoms with Gasteiger partial charge in [-0.05, 0) is 0 Å². The molecule has 0 aliphatic carbocycles. The molecule has 0 saturated carbocycles. The lowest BCUT2D eigenvalue weighted by Gasteiger charge is -2.19. The van der Waals surface area contributed by atoms with E-state index < -0.39 is 0 Å². The minimum Gasteiger partial charge on any atom is -0.337 e. The molecular formula is C8H10N6OS. The molecule has 0 aromatic carbocycles. The monoisotopic (exact) mass is 238 g/mol. The Kier molecular flexibility index (Phi) is 2.58. The lowest BCUT2D eigenvalue weighted by atomic mass is 10.3. The molecule has 3 heterocycles. The van der Waals surface area contributed by atoms with E-state index in [1.165, 1.54) is 0 Å². The average molecular weight is 238 g/mol. The summed E-state index contributed by atoms with van der Waals surface area (Å²) < 4.78 is 5.21. The van der Waals surface area contributed by atoms with Crippen LogP contribution < -0.4 is 5.32 Å². The minimum absolute atomic E-state index is 0.145. The van der Waals surface area contributed by atoms with Gasteiger partial charge in [-0.3, -0.25) is 0 Å². The van der Waals surface area contributed by atoms with Crippen molar-refractivity contribution in [1.29, 1.82) is 0 Å². The van der Waals surface area contributed by atoms with Crippen LogP contribution in [0.3, 0.4) is 0 Å². The van der Waals surface area contributed by atoms with E-state index in [2.05, 4.69) is 30.9 Å². The molecule has 8 heteroatoms. The second kappa shape index (κ2) is 4.22. The molecule has 84 valence electrons. The van der Waals surface area contributed by atoms with Gasteiger partial charge in [-0.25, -0.2) is 0 Å². The summed E-state index contributed by atoms with van der Waals surface area (Å²) in [6, 6.07) is 0.145. The van der Waals surface area contributed by atoms with Gasteiger partial charge in [0.15, 0.2) is 5.69 Å². The molecule has 1 aliphatic rings. The molecule has 2 aromatic rings. The van der Waals surface area contributed by atoms with Crippen LogP contribution in [-0.2, 0) is 0 Å². The predicted octanol–water partition coefficient (Wildman–Crippen LogP) is 0.232. The Morgan fingerprint density at radius 2 is 2.50 bits per heavy atom. The van der Waals surface area contributed by atoms with Gasteiger partial charge in [0.25, 0.3) is 0 Å². The Hall–Kier alpha value is -1.41. The summed E-state index contributed by atoms with van der Waals surface area (Å²) in [6.45, 7) is 0.969. The SMILES string of the molecule is c1n[nH]nc1-c1noc(C2CSCCN2)n1. The summed E-state index contributed by atoms with van der Waals surface area (Å²) in [5.41, 5.74) is 0.596. The summed E-state index contributed by atoms with van der Waals surface area (Å²) >= 11 is 1.88. The van der Waals surface area contributed by atoms with Crippen LogP contribution >= 0.6 is 11.8 Å². The van der Waals surface area contributed by atoms with Gasteiger partial charge in [0.05, 0.1) is 12.2 Å². The number of nitrogens with zero attached hydrogens (tertiary/aromatic N) is 4. The topological polar surface area (TPSA) is 92.5 Å². The Bertz CT molecular complexity index is 449. The standard InChI is InChI=1S/C8H10N6OS/c1-2-16-4-6(9-1)8-11-7(13-15-8)5-3-10-14-12-5/h3,6,9H,1-2,4H2,(H,10,12,14). The highest BCUT2D eigenvalue weighted by Gasteiger charge is 2.22. The number of hydrogen-bond donors (Lipinski definition) is 2. The molecule has 0 amide bonds. The fourth-order valence-electron chi connectivity index (χ4n) is 1.51. The number of rotatable bonds is 2. The van der Waals surface area contributed by atoms with Gasteiger partial charge in [-0.15, -0.1) is 0 Å². The number of hydrogen-bond acceptors (Lipinski definition) is 7. The molecule has 1 unspecified atom stereocenters. The lowest BCUT2D eigenvalue weighted by Crippen LogP contribution is -2.30. The molecule has 1 atom stereocenters. The molecule has 7 nitrogen and oxygen atoms in total. The highest BCUT2D eigenvalue weighted by Crippen LogP contribution is 2.22. The molecule has 1 saturated heterocycles. The zero-order valence-electron chi connectivity index (χ0n) is 8.38. The van der Waals surface area contributed by atoms with E-state index in [1.807, 2.05) is 11.8 Å². The van der Waals surface area contributed by atoms with Crippen molar-refractivity contribution in [3.05, 3.63) is 12.1 Å². The third-order valence-electron chi connectivity index (χ3n) is 2.31. The zero-order chi connectivity index (χ0) is 10.8. The first-order chi connectivity index (χ1) is 7.93. The van der Waals surface area contributed by atoms with Crippen LogP contribution in [0.4, 0.5) is 0 Å². The maximum atomic E-state index is 5.21. The van der Waals surface area contributed by atoms with Crippen LogP contribution in [0.2, 0.25) is 0 Å². The van der Waals surface area contributed by atoms with Gasteiger partial charge in [-0.1, -0.05) is 5.16 Å². The van der Waals surface area contributed by atoms with Crippen LogP contribution in [0.15, 0.2) is 10.7 Å². The smallest absolute Gasteiger partial charge is 0.245 e. The molecule has 1 fully saturated rings. The van der Waals surface area contributed by atoms with E-state index in [9.17, 15) is 0 Å². The van der Waals surface area contributed by atoms with E-state index in [0.717, 1.165) is 18.1 Å². The summed E-state index contributed by atoms with van der Waals surface area (Å²) in [5.74, 6) is 3.17. The van der Waals surface area contributed by atoms with Crippen LogP contribution in [0, 0.1) is 0 Å². The number of H-pyrrole nitrogens is 1. The van der Waals surface area contributed by atoms with Gasteiger partial charge >= 0.3 is 0 Å². The van der Waals surface area contributed by atoms with Crippen molar-refractivity contribution in [3.8, 4) is 11.5 Å². The predicted molar refractivity (Wildman–Crippen MR) is 57.7 cm³/mol. The minimum atomic E-state index is 0.145. The zero-order valence-corrected chi connectivity index (χ0v) is 9.20. The highest BCUT2D eigenvalue weighted by atomic mass is 32.2. The average Bonchev–Trinajstić information content (AvgIpc) is 3.01. The van der Waals surface area contributed by atoms with Crippen molar-refractivity contribution in [2.45, 2.75) is 6.04 Å². The normalized spacial score (nSPS) is 21.1. The highest BCUT2D eigenvalue weighted by molar-refractivity contribution is 7.99. The van der Waals surface area contributed by atoms with Gasteiger partial charge < -0.3 is 9.84 Å². The van der Waals surface area contributed by atoms with Crippen molar-refractivity contribution >= 4 is 11.8 Å². The number of thioether (sulfide) groups is 1. The number of aromatic nitrogens is 5. The first-order valence-corrected chi connectivity index (χ1v) is 6.10. The van der Waals surface area contributed by atoms with E-state index >= 15 is 0 Å². The van der Waals surface area contributed by atoms with Crippen molar-refractivity contribution in [2.24, 2.45) is 0 Å². The van der Waals surface area contributed by atoms with Crippen molar-refractivity contribution < 1.29 is 4.52 Å². The molecule has 3 rings (SSSR count). The molecular weight excluding hydrogens is 228 g/mol. The first-order valence-electron chi connectivity index (χ1n) is 4.94. The van der Waals surface area contributed by atoms with E-state index in [1.54, 1.807) is 6.20 Å². The third-order valence-corrected chi connectivity index (χ3v) is 3.37. The van der Waals surface area contributed by atoms with Crippen LogP contribution in [0.5, 0.6) is 0 Å². The number of nitrogens with one attached hydrogen (secondary N) is 2. The largest absolute Gasteiger partial charge is 0.337 e. The quantitative estimate of drug-likeness (QED) is 0.773. The summed E-state index contributed by atoms with van der Waals surface area (Å²) in [6.07, 6.45) is 1.57. The second-order valence-electron chi connectivity index (χ2n) is 3.39. The molecule has 1 aliphatic heterocycles. The molecule has 16 heavy (non-hydrogen) atoms. The second-order valence-corrected chi connectivity index (χ2v) is 4.54. The molecule has 2 aromatic heterocycles. The molecule has 0 radical (unpaired) electrons. The molecule has 0 spiro atoms. The van der Waals surface area contributed by atoms with Crippen molar-refractivity contribution in [3.63, 3.8) is 0 Å². The fourth-order valence-corrected chi connectivity index (χ4v) is 2.44. The van der Waals surface area contributed by atoms with Crippen LogP contribution in [-0.4, -0.2) is 43.6 Å². The van der Waals surface area contributed by atoms with Gasteiger partial charge in [0, 0.05) is 18.1 Å². The Morgan fingerprint density at radius 1 is 1.50 bits per heavy atom. The lowest BCUT2D eigenvalue weighted by molar-refractivity contribution is 0.342.